The first-order valence-electron chi connectivity index (χ1n) is 7.37. The molecule has 21 heavy (non-hydrogen) atoms. The molecular weight excluding hydrogens is 264 g/mol. The van der Waals surface area contributed by atoms with Crippen molar-refractivity contribution >= 4 is 11.5 Å². The highest BCUT2D eigenvalue weighted by molar-refractivity contribution is 5.98. The van der Waals surface area contributed by atoms with E-state index in [1.165, 1.54) is 19.3 Å². The molecule has 0 amide bonds. The Morgan fingerprint density at radius 3 is 2.43 bits per heavy atom. The van der Waals surface area contributed by atoms with Gasteiger partial charge >= 0.3 is 0 Å². The smallest absolute Gasteiger partial charge is 0.170 e. The van der Waals surface area contributed by atoms with E-state index in [2.05, 4.69) is 42.2 Å². The zero-order valence-electron chi connectivity index (χ0n) is 13.4. The number of likely N-dealkylation sites (N-methyl/N-ethyl adjacent to an activating group) is 2. The minimum absolute atomic E-state index is 0.158. The molecule has 0 aliphatic heterocycles. The fourth-order valence-corrected chi connectivity index (χ4v) is 3.09. The molecule has 116 valence electrons. The maximum atomic E-state index is 8.79. The summed E-state index contributed by atoms with van der Waals surface area (Å²) in [5.41, 5.74) is 8.93. The lowest BCUT2D eigenvalue weighted by molar-refractivity contribution is 0.0683. The molecule has 0 heterocycles. The second-order valence-corrected chi connectivity index (χ2v) is 6.31. The fourth-order valence-electron chi connectivity index (χ4n) is 3.09. The Kier molecular flexibility index (Phi) is 4.42. The Hall–Kier alpha value is -1.75. The Labute approximate surface area is 127 Å². The van der Waals surface area contributed by atoms with Crippen LogP contribution in [0.3, 0.4) is 0 Å². The van der Waals surface area contributed by atoms with Crippen molar-refractivity contribution in [1.29, 1.82) is 0 Å². The molecule has 0 bridgehead atoms. The first kappa shape index (κ1) is 15.6. The van der Waals surface area contributed by atoms with Gasteiger partial charge in [0.25, 0.3) is 0 Å². The van der Waals surface area contributed by atoms with Crippen molar-refractivity contribution in [1.82, 2.24) is 4.90 Å². The fraction of sp³-hybridized carbons (Fsp3) is 0.562. The van der Waals surface area contributed by atoms with Gasteiger partial charge in [0.05, 0.1) is 0 Å². The first-order chi connectivity index (χ1) is 9.89. The maximum absolute atomic E-state index is 8.79. The van der Waals surface area contributed by atoms with Crippen molar-refractivity contribution in [2.45, 2.75) is 31.7 Å². The predicted octanol–water partition coefficient (Wildman–Crippen LogP) is 2.01. The van der Waals surface area contributed by atoms with Gasteiger partial charge in [-0.1, -0.05) is 5.16 Å². The number of aryl methyl sites for hydroxylation is 1. The van der Waals surface area contributed by atoms with Crippen LogP contribution in [-0.2, 0) is 0 Å². The van der Waals surface area contributed by atoms with Crippen LogP contribution in [0.2, 0.25) is 0 Å². The van der Waals surface area contributed by atoms with Crippen molar-refractivity contribution < 1.29 is 5.21 Å². The monoisotopic (exact) mass is 290 g/mol. The Bertz CT molecular complexity index is 535. The molecule has 1 fully saturated rings. The minimum Gasteiger partial charge on any atom is -0.409 e. The van der Waals surface area contributed by atoms with E-state index < -0.39 is 0 Å². The van der Waals surface area contributed by atoms with Crippen LogP contribution in [0, 0.1) is 6.92 Å². The number of nitrogens with two attached hydrogens (primary N) is 1. The van der Waals surface area contributed by atoms with Gasteiger partial charge in [-0.25, -0.2) is 0 Å². The second-order valence-electron chi connectivity index (χ2n) is 6.31. The van der Waals surface area contributed by atoms with E-state index >= 15 is 0 Å². The molecule has 1 aromatic carbocycles. The van der Waals surface area contributed by atoms with E-state index in [0.29, 0.717) is 5.54 Å². The third kappa shape index (κ3) is 2.97. The lowest BCUT2D eigenvalue weighted by Gasteiger charge is -2.49. The Morgan fingerprint density at radius 1 is 1.33 bits per heavy atom. The van der Waals surface area contributed by atoms with Crippen LogP contribution in [0.5, 0.6) is 0 Å². The van der Waals surface area contributed by atoms with Crippen LogP contribution in [0.1, 0.15) is 30.4 Å². The predicted molar refractivity (Wildman–Crippen MR) is 87.2 cm³/mol. The molecule has 1 aliphatic rings. The third-order valence-electron chi connectivity index (χ3n) is 4.80. The van der Waals surface area contributed by atoms with Crippen LogP contribution in [0.4, 0.5) is 5.69 Å². The molecule has 3 N–H and O–H groups in total. The zero-order chi connectivity index (χ0) is 15.6. The lowest BCUT2D eigenvalue weighted by Crippen LogP contribution is -2.56. The van der Waals surface area contributed by atoms with Gasteiger partial charge in [0.2, 0.25) is 0 Å². The van der Waals surface area contributed by atoms with Gasteiger partial charge in [-0.3, -0.25) is 0 Å². The van der Waals surface area contributed by atoms with Gasteiger partial charge in [-0.05, 0) is 64.0 Å². The summed E-state index contributed by atoms with van der Waals surface area (Å²) in [6.07, 6.45) is 3.82. The molecule has 5 nitrogen and oxygen atoms in total. The number of amidine groups is 1. The summed E-state index contributed by atoms with van der Waals surface area (Å²) in [5, 5.41) is 11.9. The number of anilines is 1. The van der Waals surface area contributed by atoms with E-state index in [1.807, 2.05) is 19.1 Å². The van der Waals surface area contributed by atoms with Crippen LogP contribution in [0.25, 0.3) is 0 Å². The quantitative estimate of drug-likeness (QED) is 0.377. The topological polar surface area (TPSA) is 65.1 Å². The molecule has 0 radical (unpaired) electrons. The summed E-state index contributed by atoms with van der Waals surface area (Å²) in [5.74, 6) is 0.158. The average Bonchev–Trinajstić information content (AvgIpc) is 2.41. The number of rotatable bonds is 5. The highest BCUT2D eigenvalue weighted by Gasteiger charge is 2.39. The first-order valence-corrected chi connectivity index (χ1v) is 7.37. The zero-order valence-corrected chi connectivity index (χ0v) is 13.4. The molecule has 1 aromatic rings. The van der Waals surface area contributed by atoms with Gasteiger partial charge in [-0.15, -0.1) is 0 Å². The van der Waals surface area contributed by atoms with Crippen LogP contribution < -0.4 is 10.6 Å². The van der Waals surface area contributed by atoms with Crippen LogP contribution >= 0.6 is 0 Å². The summed E-state index contributed by atoms with van der Waals surface area (Å²) in [7, 11) is 6.46. The van der Waals surface area contributed by atoms with Crippen molar-refractivity contribution in [2.75, 3.05) is 32.6 Å². The number of benzene rings is 1. The minimum atomic E-state index is 0.158. The normalized spacial score (nSPS) is 17.7. The number of nitrogens with zero attached hydrogens (tertiary/aromatic N) is 3. The number of oxime groups is 1. The van der Waals surface area contributed by atoms with Gasteiger partial charge in [0, 0.05) is 30.4 Å². The average molecular weight is 290 g/mol. The Morgan fingerprint density at radius 2 is 2.00 bits per heavy atom. The van der Waals surface area contributed by atoms with Gasteiger partial charge in [0.15, 0.2) is 5.84 Å². The largest absolute Gasteiger partial charge is 0.409 e. The number of hydrogen-bond donors (Lipinski definition) is 2. The molecule has 1 saturated carbocycles. The van der Waals surface area contributed by atoms with Gasteiger partial charge in [0.1, 0.15) is 0 Å². The van der Waals surface area contributed by atoms with Crippen molar-refractivity contribution in [3.8, 4) is 0 Å². The number of hydrogen-bond acceptors (Lipinski definition) is 4. The van der Waals surface area contributed by atoms with E-state index in [0.717, 1.165) is 23.4 Å². The van der Waals surface area contributed by atoms with E-state index in [4.69, 9.17) is 10.9 Å². The summed E-state index contributed by atoms with van der Waals surface area (Å²) in [6.45, 7) is 3.00. The molecule has 2 rings (SSSR count). The van der Waals surface area contributed by atoms with Gasteiger partial charge in [-0.2, -0.15) is 0 Å². The summed E-state index contributed by atoms with van der Waals surface area (Å²) in [4.78, 5) is 4.65. The summed E-state index contributed by atoms with van der Waals surface area (Å²) < 4.78 is 0. The lowest BCUT2D eigenvalue weighted by atomic mass is 9.75. The highest BCUT2D eigenvalue weighted by atomic mass is 16.4. The molecule has 0 aromatic heterocycles. The molecule has 1 aliphatic carbocycles. The molecular formula is C16H26N4O. The molecule has 0 unspecified atom stereocenters. The van der Waals surface area contributed by atoms with Crippen molar-refractivity contribution in [2.24, 2.45) is 10.9 Å². The maximum Gasteiger partial charge on any atom is 0.170 e. The highest BCUT2D eigenvalue weighted by Crippen LogP contribution is 2.37. The SMILES string of the molecule is Cc1cc(N(C)CC2(N(C)C)CCC2)ccc1/C(N)=N/O. The Balaban J connectivity index is 2.17. The second kappa shape index (κ2) is 5.93. The van der Waals surface area contributed by atoms with E-state index in [-0.39, 0.29) is 5.84 Å². The molecule has 0 spiro atoms. The van der Waals surface area contributed by atoms with Gasteiger partial charge < -0.3 is 20.7 Å². The third-order valence-corrected chi connectivity index (χ3v) is 4.80. The molecule has 5 heteroatoms. The summed E-state index contributed by atoms with van der Waals surface area (Å²) in [6, 6.07) is 6.04. The standard InChI is InChI=1S/C16H26N4O/c1-12-10-13(6-7-14(12)15(17)18-21)20(4)11-16(19(2)3)8-5-9-16/h6-7,10,21H,5,8-9,11H2,1-4H3,(H2,17,18). The molecule has 0 saturated heterocycles. The summed E-state index contributed by atoms with van der Waals surface area (Å²) >= 11 is 0. The van der Waals surface area contributed by atoms with Crippen molar-refractivity contribution in [3.63, 3.8) is 0 Å². The van der Waals surface area contributed by atoms with Crippen LogP contribution in [-0.4, -0.2) is 49.2 Å². The van der Waals surface area contributed by atoms with Crippen molar-refractivity contribution in [3.05, 3.63) is 29.3 Å². The van der Waals surface area contributed by atoms with Crippen LogP contribution in [0.15, 0.2) is 23.4 Å². The molecule has 0 atom stereocenters. The van der Waals surface area contributed by atoms with E-state index in [9.17, 15) is 0 Å². The van der Waals surface area contributed by atoms with E-state index in [1.54, 1.807) is 0 Å².